The van der Waals surface area contributed by atoms with Crippen LogP contribution < -0.4 is 16.8 Å². The quantitative estimate of drug-likeness (QED) is 0.751. The number of benzene rings is 2. The van der Waals surface area contributed by atoms with E-state index in [9.17, 15) is 4.79 Å². The van der Waals surface area contributed by atoms with Crippen molar-refractivity contribution in [2.75, 3.05) is 11.1 Å². The van der Waals surface area contributed by atoms with E-state index in [1.54, 1.807) is 13.8 Å². The van der Waals surface area contributed by atoms with Crippen molar-refractivity contribution in [2.45, 2.75) is 19.4 Å². The molecule has 2 aromatic carbocycles. The average molecular weight is 285 g/mol. The number of primary amides is 1. The first kappa shape index (κ1) is 14.7. The van der Waals surface area contributed by atoms with Crippen LogP contribution in [0.2, 0.25) is 0 Å². The number of carbonyl (C=O) groups is 1. The zero-order valence-corrected chi connectivity index (χ0v) is 12.1. The Hall–Kier alpha value is -2.69. The van der Waals surface area contributed by atoms with Crippen molar-refractivity contribution in [1.29, 1.82) is 0 Å². The summed E-state index contributed by atoms with van der Waals surface area (Å²) in [7, 11) is 0. The van der Waals surface area contributed by atoms with Gasteiger partial charge in [0.15, 0.2) is 0 Å². The minimum Gasteiger partial charge on any atom is -0.439 e. The summed E-state index contributed by atoms with van der Waals surface area (Å²) in [5.41, 5.74) is 13.5. The number of nitrogens with one attached hydrogen (secondary N) is 1. The van der Waals surface area contributed by atoms with E-state index in [0.717, 1.165) is 16.9 Å². The van der Waals surface area contributed by atoms with Crippen LogP contribution in [0.25, 0.3) is 0 Å². The number of hydrogen-bond donors (Lipinski definition) is 3. The Labute approximate surface area is 123 Å². The molecule has 0 fully saturated rings. The van der Waals surface area contributed by atoms with Gasteiger partial charge in [-0.25, -0.2) is 4.79 Å². The molecule has 0 unspecified atom stereocenters. The van der Waals surface area contributed by atoms with E-state index in [2.05, 4.69) is 5.32 Å². The molecule has 0 atom stereocenters. The van der Waals surface area contributed by atoms with Gasteiger partial charge < -0.3 is 21.5 Å². The molecule has 0 bridgehead atoms. The van der Waals surface area contributed by atoms with Crippen molar-refractivity contribution in [1.82, 2.24) is 0 Å². The third-order valence-corrected chi connectivity index (χ3v) is 3.18. The molecule has 0 saturated heterocycles. The van der Waals surface area contributed by atoms with Gasteiger partial charge in [-0.15, -0.1) is 0 Å². The van der Waals surface area contributed by atoms with E-state index in [4.69, 9.17) is 16.2 Å². The Morgan fingerprint density at radius 3 is 2.29 bits per heavy atom. The van der Waals surface area contributed by atoms with Gasteiger partial charge in [0.25, 0.3) is 0 Å². The van der Waals surface area contributed by atoms with Gasteiger partial charge in [-0.2, -0.15) is 0 Å². The van der Waals surface area contributed by atoms with Gasteiger partial charge in [0, 0.05) is 5.69 Å². The molecular weight excluding hydrogens is 266 g/mol. The number of para-hydroxylation sites is 2. The maximum atomic E-state index is 10.9. The molecule has 0 radical (unpaired) electrons. The number of rotatable bonds is 4. The van der Waals surface area contributed by atoms with Gasteiger partial charge in [-0.1, -0.05) is 24.3 Å². The number of nitrogens with two attached hydrogens (primary N) is 2. The van der Waals surface area contributed by atoms with Crippen LogP contribution in [0, 0.1) is 0 Å². The molecule has 0 spiro atoms. The molecule has 0 saturated carbocycles. The highest BCUT2D eigenvalue weighted by Gasteiger charge is 2.24. The maximum absolute atomic E-state index is 10.9. The lowest BCUT2D eigenvalue weighted by Gasteiger charge is -2.24. The smallest absolute Gasteiger partial charge is 0.405 e. The summed E-state index contributed by atoms with van der Waals surface area (Å²) in [5.74, 6) is 0. The van der Waals surface area contributed by atoms with Crippen LogP contribution in [0.4, 0.5) is 21.9 Å². The molecule has 2 aromatic rings. The third-order valence-electron chi connectivity index (χ3n) is 3.18. The highest BCUT2D eigenvalue weighted by Crippen LogP contribution is 2.28. The molecule has 0 heterocycles. The van der Waals surface area contributed by atoms with Gasteiger partial charge in [-0.05, 0) is 43.7 Å². The fourth-order valence-corrected chi connectivity index (χ4v) is 2.03. The van der Waals surface area contributed by atoms with E-state index in [1.165, 1.54) is 0 Å². The second-order valence-corrected chi connectivity index (χ2v) is 5.22. The van der Waals surface area contributed by atoms with Crippen LogP contribution in [-0.4, -0.2) is 6.09 Å². The zero-order valence-electron chi connectivity index (χ0n) is 12.1. The topological polar surface area (TPSA) is 90.4 Å². The van der Waals surface area contributed by atoms with Crippen LogP contribution >= 0.6 is 0 Å². The summed E-state index contributed by atoms with van der Waals surface area (Å²) in [6.07, 6.45) is -0.792. The Morgan fingerprint density at radius 1 is 1.10 bits per heavy atom. The fraction of sp³-hybridized carbons (Fsp3) is 0.188. The van der Waals surface area contributed by atoms with E-state index >= 15 is 0 Å². The van der Waals surface area contributed by atoms with E-state index in [1.807, 2.05) is 48.5 Å². The minimum atomic E-state index is -0.792. The van der Waals surface area contributed by atoms with Crippen LogP contribution in [0.3, 0.4) is 0 Å². The number of amides is 1. The molecule has 21 heavy (non-hydrogen) atoms. The highest BCUT2D eigenvalue weighted by molar-refractivity contribution is 5.72. The van der Waals surface area contributed by atoms with Crippen molar-refractivity contribution in [2.24, 2.45) is 5.73 Å². The van der Waals surface area contributed by atoms with Gasteiger partial charge >= 0.3 is 6.09 Å². The van der Waals surface area contributed by atoms with Crippen LogP contribution in [-0.2, 0) is 10.3 Å². The van der Waals surface area contributed by atoms with Gasteiger partial charge in [0.2, 0.25) is 0 Å². The fourth-order valence-electron chi connectivity index (χ4n) is 2.03. The van der Waals surface area contributed by atoms with Gasteiger partial charge in [0.05, 0.1) is 11.4 Å². The molecule has 1 amide bonds. The van der Waals surface area contributed by atoms with Gasteiger partial charge in [-0.3, -0.25) is 0 Å². The molecule has 0 aromatic heterocycles. The number of nitrogen functional groups attached to an aromatic ring is 1. The van der Waals surface area contributed by atoms with E-state index in [-0.39, 0.29) is 0 Å². The summed E-state index contributed by atoms with van der Waals surface area (Å²) in [5, 5.41) is 3.23. The molecule has 5 heteroatoms. The Bertz CT molecular complexity index is 636. The molecule has 110 valence electrons. The molecule has 5 N–H and O–H groups in total. The standard InChI is InChI=1S/C16H19N3O2/c1-16(2,21-15(18)20)11-7-9-12(10-8-11)19-14-6-4-3-5-13(14)17/h3-10,19H,17H2,1-2H3,(H2,18,20). The molecule has 0 aliphatic carbocycles. The normalized spacial score (nSPS) is 11.0. The van der Waals surface area contributed by atoms with E-state index in [0.29, 0.717) is 5.69 Å². The van der Waals surface area contributed by atoms with Crippen molar-refractivity contribution < 1.29 is 9.53 Å². The highest BCUT2D eigenvalue weighted by atomic mass is 16.6. The Kier molecular flexibility index (Phi) is 4.03. The zero-order chi connectivity index (χ0) is 15.5. The van der Waals surface area contributed by atoms with Crippen molar-refractivity contribution in [3.05, 3.63) is 54.1 Å². The predicted molar refractivity (Wildman–Crippen MR) is 84.3 cm³/mol. The maximum Gasteiger partial charge on any atom is 0.405 e. The average Bonchev–Trinajstić information content (AvgIpc) is 2.40. The van der Waals surface area contributed by atoms with Crippen LogP contribution in [0.1, 0.15) is 19.4 Å². The molecule has 0 aliphatic rings. The van der Waals surface area contributed by atoms with Crippen molar-refractivity contribution in [3.8, 4) is 0 Å². The molecular formula is C16H19N3O2. The lowest BCUT2D eigenvalue weighted by atomic mass is 9.98. The summed E-state index contributed by atoms with van der Waals surface area (Å²) in [4.78, 5) is 10.9. The monoisotopic (exact) mass is 285 g/mol. The van der Waals surface area contributed by atoms with Crippen molar-refractivity contribution >= 4 is 23.2 Å². The lowest BCUT2D eigenvalue weighted by Crippen LogP contribution is -2.28. The number of anilines is 3. The number of carbonyl (C=O) groups excluding carboxylic acids is 1. The third kappa shape index (κ3) is 3.66. The second-order valence-electron chi connectivity index (χ2n) is 5.22. The van der Waals surface area contributed by atoms with Crippen LogP contribution in [0.15, 0.2) is 48.5 Å². The molecule has 5 nitrogen and oxygen atoms in total. The minimum absolute atomic E-state index is 0.680. The Balaban J connectivity index is 2.16. The van der Waals surface area contributed by atoms with Crippen LogP contribution in [0.5, 0.6) is 0 Å². The molecule has 2 rings (SSSR count). The number of ether oxygens (including phenoxy) is 1. The predicted octanol–water partition coefficient (Wildman–Crippen LogP) is 3.34. The largest absolute Gasteiger partial charge is 0.439 e. The van der Waals surface area contributed by atoms with Crippen molar-refractivity contribution in [3.63, 3.8) is 0 Å². The van der Waals surface area contributed by atoms with E-state index < -0.39 is 11.7 Å². The summed E-state index contributed by atoms with van der Waals surface area (Å²) in [6, 6.07) is 15.1. The Morgan fingerprint density at radius 2 is 1.71 bits per heavy atom. The number of hydrogen-bond acceptors (Lipinski definition) is 4. The summed E-state index contributed by atoms with van der Waals surface area (Å²) >= 11 is 0. The van der Waals surface area contributed by atoms with Gasteiger partial charge in [0.1, 0.15) is 5.60 Å². The first-order chi connectivity index (χ1) is 9.88. The first-order valence-corrected chi connectivity index (χ1v) is 6.59. The second kappa shape index (κ2) is 5.75. The SMILES string of the molecule is CC(C)(OC(N)=O)c1ccc(Nc2ccccc2N)cc1. The molecule has 0 aliphatic heterocycles. The summed E-state index contributed by atoms with van der Waals surface area (Å²) < 4.78 is 5.10. The lowest BCUT2D eigenvalue weighted by molar-refractivity contribution is 0.0432. The summed E-state index contributed by atoms with van der Waals surface area (Å²) in [6.45, 7) is 3.57. The first-order valence-electron chi connectivity index (χ1n) is 6.59.